The first-order valence-electron chi connectivity index (χ1n) is 4.32. The number of ether oxygens (including phenoxy) is 1. The molecule has 0 fully saturated rings. The Morgan fingerprint density at radius 3 is 2.65 bits per heavy atom. The van der Waals surface area contributed by atoms with E-state index in [9.17, 15) is 18.0 Å². The summed E-state index contributed by atoms with van der Waals surface area (Å²) >= 11 is 1.79. The van der Waals surface area contributed by atoms with E-state index in [4.69, 9.17) is 5.11 Å². The van der Waals surface area contributed by atoms with E-state index < -0.39 is 24.5 Å². The minimum absolute atomic E-state index is 0.00507. The molecule has 0 bridgehead atoms. The SMILES string of the molecule is Cc1nc(I)cc(CC(=O)O)c1OC(F)(F)F. The summed E-state index contributed by atoms with van der Waals surface area (Å²) in [6.07, 6.45) is -5.42. The summed E-state index contributed by atoms with van der Waals surface area (Å²) in [6, 6.07) is 1.25. The van der Waals surface area contributed by atoms with E-state index >= 15 is 0 Å². The molecule has 0 aliphatic heterocycles. The van der Waals surface area contributed by atoms with Crippen molar-refractivity contribution in [2.75, 3.05) is 0 Å². The van der Waals surface area contributed by atoms with E-state index in [2.05, 4.69) is 9.72 Å². The maximum Gasteiger partial charge on any atom is 0.573 e. The zero-order chi connectivity index (χ0) is 13.2. The van der Waals surface area contributed by atoms with Crippen LogP contribution >= 0.6 is 22.6 Å². The molecule has 17 heavy (non-hydrogen) atoms. The third kappa shape index (κ3) is 4.36. The highest BCUT2D eigenvalue weighted by atomic mass is 127. The largest absolute Gasteiger partial charge is 0.573 e. The second-order valence-electron chi connectivity index (χ2n) is 3.14. The third-order valence-electron chi connectivity index (χ3n) is 1.75. The van der Waals surface area contributed by atoms with Gasteiger partial charge in [-0.15, -0.1) is 13.2 Å². The second-order valence-corrected chi connectivity index (χ2v) is 4.24. The molecule has 4 nitrogen and oxygen atoms in total. The van der Waals surface area contributed by atoms with E-state index in [0.717, 1.165) is 0 Å². The number of carboxylic acids is 1. The molecule has 0 saturated carbocycles. The van der Waals surface area contributed by atoms with Gasteiger partial charge in [0.1, 0.15) is 3.70 Å². The van der Waals surface area contributed by atoms with Crippen LogP contribution < -0.4 is 4.74 Å². The van der Waals surface area contributed by atoms with Crippen LogP contribution in [-0.2, 0) is 11.2 Å². The van der Waals surface area contributed by atoms with E-state index in [1.54, 1.807) is 22.6 Å². The van der Waals surface area contributed by atoms with Crippen LogP contribution in [0.2, 0.25) is 0 Å². The van der Waals surface area contributed by atoms with Gasteiger partial charge >= 0.3 is 12.3 Å². The predicted octanol–water partition coefficient (Wildman–Crippen LogP) is 2.52. The fourth-order valence-corrected chi connectivity index (χ4v) is 1.97. The average Bonchev–Trinajstić information content (AvgIpc) is 2.08. The number of rotatable bonds is 3. The van der Waals surface area contributed by atoms with Crippen LogP contribution in [0.25, 0.3) is 0 Å². The van der Waals surface area contributed by atoms with Crippen molar-refractivity contribution in [1.82, 2.24) is 4.98 Å². The number of hydrogen-bond acceptors (Lipinski definition) is 3. The number of carbonyl (C=O) groups is 1. The highest BCUT2D eigenvalue weighted by Gasteiger charge is 2.33. The van der Waals surface area contributed by atoms with Crippen molar-refractivity contribution in [1.29, 1.82) is 0 Å². The first-order chi connectivity index (χ1) is 7.69. The van der Waals surface area contributed by atoms with Crippen molar-refractivity contribution in [3.05, 3.63) is 21.0 Å². The lowest BCUT2D eigenvalue weighted by Gasteiger charge is -2.14. The van der Waals surface area contributed by atoms with Crippen LogP contribution in [0, 0.1) is 10.6 Å². The predicted molar refractivity (Wildman–Crippen MR) is 59.7 cm³/mol. The maximum absolute atomic E-state index is 12.1. The number of nitrogens with zero attached hydrogens (tertiary/aromatic N) is 1. The van der Waals surface area contributed by atoms with Crippen molar-refractivity contribution < 1.29 is 27.8 Å². The zero-order valence-corrected chi connectivity index (χ0v) is 10.7. The molecular weight excluding hydrogens is 354 g/mol. The summed E-state index contributed by atoms with van der Waals surface area (Å²) in [5.74, 6) is -1.78. The minimum atomic E-state index is -4.87. The molecule has 1 N–H and O–H groups in total. The van der Waals surface area contributed by atoms with Crippen molar-refractivity contribution in [3.8, 4) is 5.75 Å². The molecule has 0 atom stereocenters. The summed E-state index contributed by atoms with van der Waals surface area (Å²) in [5.41, 5.74) is -0.0443. The van der Waals surface area contributed by atoms with Crippen LogP contribution in [0.1, 0.15) is 11.3 Å². The molecule has 1 rings (SSSR count). The molecule has 0 spiro atoms. The monoisotopic (exact) mass is 361 g/mol. The number of aliphatic carboxylic acids is 1. The zero-order valence-electron chi connectivity index (χ0n) is 8.51. The number of carboxylic acid groups (broad SMARTS) is 1. The number of hydrogen-bond donors (Lipinski definition) is 1. The quantitative estimate of drug-likeness (QED) is 0.664. The van der Waals surface area contributed by atoms with Crippen LogP contribution in [0.15, 0.2) is 6.07 Å². The number of aryl methyl sites for hydroxylation is 1. The lowest BCUT2D eigenvalue weighted by Crippen LogP contribution is -2.20. The molecule has 0 unspecified atom stereocenters. The van der Waals surface area contributed by atoms with Gasteiger partial charge in [0.15, 0.2) is 5.75 Å². The topological polar surface area (TPSA) is 59.4 Å². The molecule has 8 heteroatoms. The fraction of sp³-hybridized carbons (Fsp3) is 0.333. The number of pyridine rings is 1. The van der Waals surface area contributed by atoms with E-state index in [-0.39, 0.29) is 11.3 Å². The lowest BCUT2D eigenvalue weighted by atomic mass is 10.1. The molecular formula is C9H7F3INO3. The maximum atomic E-state index is 12.1. The van der Waals surface area contributed by atoms with E-state index in [1.165, 1.54) is 13.0 Å². The molecule has 0 aliphatic rings. The van der Waals surface area contributed by atoms with E-state index in [0.29, 0.717) is 3.70 Å². The highest BCUT2D eigenvalue weighted by molar-refractivity contribution is 14.1. The van der Waals surface area contributed by atoms with Crippen molar-refractivity contribution in [2.24, 2.45) is 0 Å². The van der Waals surface area contributed by atoms with E-state index in [1.807, 2.05) is 0 Å². The van der Waals surface area contributed by atoms with Crippen LogP contribution in [-0.4, -0.2) is 22.4 Å². The first kappa shape index (κ1) is 14.0. The molecule has 0 aliphatic carbocycles. The molecule has 0 aromatic carbocycles. The van der Waals surface area contributed by atoms with Gasteiger partial charge in [-0.2, -0.15) is 0 Å². The van der Waals surface area contributed by atoms with Crippen LogP contribution in [0.5, 0.6) is 5.75 Å². The molecule has 1 heterocycles. The fourth-order valence-electron chi connectivity index (χ4n) is 1.23. The Hall–Kier alpha value is -1.06. The Balaban J connectivity index is 3.20. The highest BCUT2D eigenvalue weighted by Crippen LogP contribution is 2.30. The van der Waals surface area contributed by atoms with Gasteiger partial charge in [0.05, 0.1) is 12.1 Å². The Bertz CT molecular complexity index is 448. The van der Waals surface area contributed by atoms with Crippen molar-refractivity contribution in [3.63, 3.8) is 0 Å². The van der Waals surface area contributed by atoms with Gasteiger partial charge in [0.25, 0.3) is 0 Å². The lowest BCUT2D eigenvalue weighted by molar-refractivity contribution is -0.275. The Morgan fingerprint density at radius 1 is 1.59 bits per heavy atom. The number of aromatic nitrogens is 1. The standard InChI is InChI=1S/C9H7F3INO3/c1-4-8(17-9(10,11)12)5(3-7(15)16)2-6(13)14-4/h2H,3H2,1H3,(H,15,16). The summed E-state index contributed by atoms with van der Waals surface area (Å²) in [7, 11) is 0. The minimum Gasteiger partial charge on any atom is -0.481 e. The molecule has 1 aromatic heterocycles. The second kappa shape index (κ2) is 5.07. The summed E-state index contributed by atoms with van der Waals surface area (Å²) in [6.45, 7) is 1.33. The van der Waals surface area contributed by atoms with Gasteiger partial charge in [0.2, 0.25) is 0 Å². The average molecular weight is 361 g/mol. The number of halogens is 4. The Labute approximate surface area is 108 Å². The van der Waals surface area contributed by atoms with Gasteiger partial charge in [-0.05, 0) is 35.6 Å². The van der Waals surface area contributed by atoms with Gasteiger partial charge in [-0.3, -0.25) is 4.79 Å². The summed E-state index contributed by atoms with van der Waals surface area (Å²) < 4.78 is 40.6. The van der Waals surface area contributed by atoms with Gasteiger partial charge < -0.3 is 9.84 Å². The third-order valence-corrected chi connectivity index (χ3v) is 2.30. The van der Waals surface area contributed by atoms with Crippen LogP contribution in [0.4, 0.5) is 13.2 Å². The van der Waals surface area contributed by atoms with Crippen molar-refractivity contribution in [2.45, 2.75) is 19.7 Å². The van der Waals surface area contributed by atoms with Gasteiger partial charge in [0, 0.05) is 5.56 Å². The molecule has 0 saturated heterocycles. The van der Waals surface area contributed by atoms with Gasteiger partial charge in [-0.25, -0.2) is 4.98 Å². The van der Waals surface area contributed by atoms with Crippen LogP contribution in [0.3, 0.4) is 0 Å². The van der Waals surface area contributed by atoms with Crippen molar-refractivity contribution >= 4 is 28.6 Å². The molecule has 1 aromatic rings. The normalized spacial score (nSPS) is 11.4. The Kier molecular flexibility index (Phi) is 4.17. The first-order valence-corrected chi connectivity index (χ1v) is 5.40. The summed E-state index contributed by atoms with van der Waals surface area (Å²) in [4.78, 5) is 14.3. The molecule has 0 amide bonds. The molecule has 0 radical (unpaired) electrons. The smallest absolute Gasteiger partial charge is 0.481 e. The summed E-state index contributed by atoms with van der Waals surface area (Å²) in [5, 5.41) is 8.61. The van der Waals surface area contributed by atoms with Gasteiger partial charge in [-0.1, -0.05) is 0 Å². The number of alkyl halides is 3. The molecule has 94 valence electrons. The Morgan fingerprint density at radius 2 is 2.18 bits per heavy atom.